The van der Waals surface area contributed by atoms with Crippen LogP contribution in [0.5, 0.6) is 0 Å². The molecule has 9 nitrogen and oxygen atoms in total. The molecular formula is C19H15N5O4S2. The second kappa shape index (κ2) is 8.51. The molecule has 2 aromatic heterocycles. The Morgan fingerprint density at radius 1 is 1.00 bits per heavy atom. The maximum atomic E-state index is 12.4. The number of thioether (sulfide) groups is 1. The van der Waals surface area contributed by atoms with Crippen LogP contribution in [-0.2, 0) is 14.8 Å². The molecule has 0 saturated carbocycles. The third kappa shape index (κ3) is 4.75. The van der Waals surface area contributed by atoms with E-state index in [1.165, 1.54) is 48.4 Å². The summed E-state index contributed by atoms with van der Waals surface area (Å²) >= 11 is 1.17. The third-order valence-electron chi connectivity index (χ3n) is 3.84. The first kappa shape index (κ1) is 19.9. The quantitative estimate of drug-likeness (QED) is 0.419. The zero-order chi connectivity index (χ0) is 21.0. The van der Waals surface area contributed by atoms with Gasteiger partial charge < -0.3 is 9.73 Å². The molecule has 152 valence electrons. The third-order valence-corrected chi connectivity index (χ3v) is 6.01. The molecule has 0 atom stereocenters. The molecule has 4 aromatic rings. The molecule has 11 heteroatoms. The molecule has 0 aliphatic carbocycles. The van der Waals surface area contributed by atoms with E-state index in [1.807, 2.05) is 18.2 Å². The van der Waals surface area contributed by atoms with Gasteiger partial charge in [0.2, 0.25) is 11.9 Å². The van der Waals surface area contributed by atoms with Gasteiger partial charge >= 0.3 is 0 Å². The Morgan fingerprint density at radius 3 is 2.47 bits per heavy atom. The zero-order valence-electron chi connectivity index (χ0n) is 15.3. The number of carbonyl (C=O) groups excluding carboxylic acids is 1. The lowest BCUT2D eigenvalue weighted by Gasteiger charge is -2.08. The van der Waals surface area contributed by atoms with Crippen LogP contribution in [0.25, 0.3) is 11.1 Å². The van der Waals surface area contributed by atoms with E-state index >= 15 is 0 Å². The minimum atomic E-state index is -3.83. The molecule has 0 bridgehead atoms. The number of fused-ring (bicyclic) bond motifs is 1. The van der Waals surface area contributed by atoms with E-state index in [2.05, 4.69) is 25.0 Å². The minimum Gasteiger partial charge on any atom is -0.431 e. The van der Waals surface area contributed by atoms with Gasteiger partial charge in [-0.15, -0.1) is 0 Å². The molecule has 0 aliphatic heterocycles. The predicted molar refractivity (Wildman–Crippen MR) is 113 cm³/mol. The summed E-state index contributed by atoms with van der Waals surface area (Å²) in [6.07, 6.45) is 2.87. The van der Waals surface area contributed by atoms with Crippen LogP contribution in [0.2, 0.25) is 0 Å². The number of oxazole rings is 1. The van der Waals surface area contributed by atoms with Crippen LogP contribution in [0.1, 0.15) is 0 Å². The number of hydrogen-bond acceptors (Lipinski definition) is 8. The number of benzene rings is 2. The first-order valence-electron chi connectivity index (χ1n) is 8.68. The van der Waals surface area contributed by atoms with Crippen LogP contribution in [0.4, 0.5) is 11.6 Å². The number of nitrogens with one attached hydrogen (secondary N) is 2. The predicted octanol–water partition coefficient (Wildman–Crippen LogP) is 3.15. The largest absolute Gasteiger partial charge is 0.431 e. The number of anilines is 2. The van der Waals surface area contributed by atoms with Crippen molar-refractivity contribution >= 4 is 50.4 Å². The van der Waals surface area contributed by atoms with E-state index in [-0.39, 0.29) is 22.5 Å². The average molecular weight is 441 g/mol. The van der Waals surface area contributed by atoms with E-state index in [1.54, 1.807) is 12.1 Å². The molecule has 0 unspecified atom stereocenters. The van der Waals surface area contributed by atoms with Gasteiger partial charge in [0.05, 0.1) is 10.6 Å². The van der Waals surface area contributed by atoms with Crippen LogP contribution in [0.3, 0.4) is 0 Å². The maximum absolute atomic E-state index is 12.4. The molecule has 0 spiro atoms. The molecule has 2 heterocycles. The van der Waals surface area contributed by atoms with Crippen molar-refractivity contribution in [3.63, 3.8) is 0 Å². The number of nitrogens with zero attached hydrogens (tertiary/aromatic N) is 3. The normalized spacial score (nSPS) is 11.3. The Kier molecular flexibility index (Phi) is 5.63. The lowest BCUT2D eigenvalue weighted by molar-refractivity contribution is -0.113. The highest BCUT2D eigenvalue weighted by Gasteiger charge is 2.16. The van der Waals surface area contributed by atoms with Crippen molar-refractivity contribution in [3.05, 3.63) is 67.0 Å². The Hall–Kier alpha value is -3.44. The summed E-state index contributed by atoms with van der Waals surface area (Å²) in [5.74, 6) is -0.195. The molecule has 1 amide bonds. The van der Waals surface area contributed by atoms with Crippen molar-refractivity contribution in [2.24, 2.45) is 0 Å². The van der Waals surface area contributed by atoms with E-state index in [4.69, 9.17) is 4.42 Å². The maximum Gasteiger partial charge on any atom is 0.264 e. The molecule has 0 fully saturated rings. The topological polar surface area (TPSA) is 127 Å². The fourth-order valence-electron chi connectivity index (χ4n) is 2.49. The number of para-hydroxylation sites is 2. The molecule has 30 heavy (non-hydrogen) atoms. The summed E-state index contributed by atoms with van der Waals surface area (Å²) in [6, 6.07) is 14.7. The average Bonchev–Trinajstić information content (AvgIpc) is 3.16. The summed E-state index contributed by atoms with van der Waals surface area (Å²) in [4.78, 5) is 24.2. The number of hydrogen-bond donors (Lipinski definition) is 2. The van der Waals surface area contributed by atoms with Crippen molar-refractivity contribution in [1.29, 1.82) is 0 Å². The number of amides is 1. The molecule has 0 saturated heterocycles. The monoisotopic (exact) mass is 441 g/mol. The van der Waals surface area contributed by atoms with Crippen molar-refractivity contribution in [3.8, 4) is 0 Å². The highest BCUT2D eigenvalue weighted by molar-refractivity contribution is 7.99. The van der Waals surface area contributed by atoms with Gasteiger partial charge in [0.25, 0.3) is 15.2 Å². The summed E-state index contributed by atoms with van der Waals surface area (Å²) in [5, 5.41) is 3.11. The standard InChI is InChI=1S/C19H15N5O4S2/c25-17(12-29-19-23-15-4-1-2-5-16(15)28-19)22-13-6-8-14(9-7-13)30(26,27)24-18-20-10-3-11-21-18/h1-11H,12H2,(H,22,25)(H,20,21,24). The molecule has 0 radical (unpaired) electrons. The summed E-state index contributed by atoms with van der Waals surface area (Å²) < 4.78 is 32.6. The Morgan fingerprint density at radius 2 is 1.73 bits per heavy atom. The van der Waals surface area contributed by atoms with Crippen LogP contribution in [0.15, 0.2) is 81.5 Å². The van der Waals surface area contributed by atoms with Crippen LogP contribution >= 0.6 is 11.8 Å². The van der Waals surface area contributed by atoms with Gasteiger partial charge in [-0.3, -0.25) is 4.79 Å². The Bertz CT molecular complexity index is 1240. The minimum absolute atomic E-state index is 0.0220. The van der Waals surface area contributed by atoms with E-state index in [9.17, 15) is 13.2 Å². The van der Waals surface area contributed by atoms with Crippen molar-refractivity contribution in [2.45, 2.75) is 10.1 Å². The first-order valence-corrected chi connectivity index (χ1v) is 11.1. The summed E-state index contributed by atoms with van der Waals surface area (Å²) in [5.41, 5.74) is 1.85. The Balaban J connectivity index is 1.35. The highest BCUT2D eigenvalue weighted by Crippen LogP contribution is 2.23. The summed E-state index contributed by atoms with van der Waals surface area (Å²) in [7, 11) is -3.83. The van der Waals surface area contributed by atoms with Crippen molar-refractivity contribution in [2.75, 3.05) is 15.8 Å². The van der Waals surface area contributed by atoms with Gasteiger partial charge in [0, 0.05) is 18.1 Å². The first-order chi connectivity index (χ1) is 14.5. The fourth-order valence-corrected chi connectivity index (χ4v) is 4.08. The van der Waals surface area contributed by atoms with Crippen molar-refractivity contribution in [1.82, 2.24) is 15.0 Å². The van der Waals surface area contributed by atoms with Gasteiger partial charge in [0.15, 0.2) is 5.58 Å². The lowest BCUT2D eigenvalue weighted by Crippen LogP contribution is -2.16. The molecule has 2 aromatic carbocycles. The molecule has 2 N–H and O–H groups in total. The van der Waals surface area contributed by atoms with Gasteiger partial charge in [-0.2, -0.15) is 0 Å². The van der Waals surface area contributed by atoms with E-state index in [0.29, 0.717) is 16.5 Å². The lowest BCUT2D eigenvalue weighted by atomic mass is 10.3. The number of sulfonamides is 1. The van der Waals surface area contributed by atoms with Crippen molar-refractivity contribution < 1.29 is 17.6 Å². The highest BCUT2D eigenvalue weighted by atomic mass is 32.2. The molecule has 0 aliphatic rings. The zero-order valence-corrected chi connectivity index (χ0v) is 17.0. The number of rotatable bonds is 7. The van der Waals surface area contributed by atoms with Crippen LogP contribution in [0, 0.1) is 0 Å². The second-order valence-corrected chi connectivity index (χ2v) is 8.60. The molecule has 4 rings (SSSR count). The van der Waals surface area contributed by atoms with Crippen LogP contribution in [-0.4, -0.2) is 35.0 Å². The smallest absolute Gasteiger partial charge is 0.264 e. The van der Waals surface area contributed by atoms with E-state index in [0.717, 1.165) is 5.52 Å². The van der Waals surface area contributed by atoms with Gasteiger partial charge in [0.1, 0.15) is 5.52 Å². The van der Waals surface area contributed by atoms with Gasteiger partial charge in [-0.1, -0.05) is 23.9 Å². The van der Waals surface area contributed by atoms with E-state index < -0.39 is 10.0 Å². The fraction of sp³-hybridized carbons (Fsp3) is 0.0526. The van der Waals surface area contributed by atoms with Gasteiger partial charge in [-0.05, 0) is 42.5 Å². The second-order valence-electron chi connectivity index (χ2n) is 5.99. The SMILES string of the molecule is O=C(CSc1nc2ccccc2o1)Nc1ccc(S(=O)(=O)Nc2ncccn2)cc1. The number of carbonyl (C=O) groups is 1. The molecular weight excluding hydrogens is 426 g/mol. The summed E-state index contributed by atoms with van der Waals surface area (Å²) in [6.45, 7) is 0. The Labute approximate surface area is 176 Å². The number of aromatic nitrogens is 3. The van der Waals surface area contributed by atoms with Crippen LogP contribution < -0.4 is 10.0 Å². The van der Waals surface area contributed by atoms with Gasteiger partial charge in [-0.25, -0.2) is 28.1 Å².